The Bertz CT molecular complexity index is 514. The Balaban J connectivity index is 0.00000420. The molecule has 2 aliphatic rings. The Labute approximate surface area is 194 Å². The number of ether oxygens (including phenoxy) is 2. The van der Waals surface area contributed by atoms with Gasteiger partial charge in [-0.15, -0.1) is 24.0 Å². The van der Waals surface area contributed by atoms with Gasteiger partial charge in [-0.05, 0) is 57.8 Å². The summed E-state index contributed by atoms with van der Waals surface area (Å²) in [6.07, 6.45) is 6.28. The van der Waals surface area contributed by atoms with Gasteiger partial charge in [0.05, 0.1) is 18.6 Å². The van der Waals surface area contributed by atoms with E-state index < -0.39 is 0 Å². The molecule has 6 nitrogen and oxygen atoms in total. The minimum absolute atomic E-state index is 0. The predicted molar refractivity (Wildman–Crippen MR) is 129 cm³/mol. The van der Waals surface area contributed by atoms with Crippen LogP contribution in [0.3, 0.4) is 0 Å². The second-order valence-corrected chi connectivity index (χ2v) is 9.22. The molecule has 0 aromatic heterocycles. The number of rotatable bonds is 6. The SMILES string of the molecule is CCNC(=NCC1CCCOC1C(C)(C)C)NC1CCC(C(=O)OCC)CC1.I. The molecule has 0 spiro atoms. The highest BCUT2D eigenvalue weighted by molar-refractivity contribution is 14.0. The number of esters is 1. The van der Waals surface area contributed by atoms with Crippen LogP contribution in [0.5, 0.6) is 0 Å². The fourth-order valence-corrected chi connectivity index (χ4v) is 4.44. The van der Waals surface area contributed by atoms with E-state index in [0.717, 1.165) is 57.8 Å². The van der Waals surface area contributed by atoms with Gasteiger partial charge in [0.15, 0.2) is 5.96 Å². The van der Waals surface area contributed by atoms with Gasteiger partial charge in [-0.3, -0.25) is 9.79 Å². The molecule has 1 saturated carbocycles. The molecule has 1 aliphatic heterocycles. The molecule has 2 fully saturated rings. The third-order valence-electron chi connectivity index (χ3n) is 5.81. The molecule has 29 heavy (non-hydrogen) atoms. The molecule has 2 rings (SSSR count). The monoisotopic (exact) mass is 523 g/mol. The smallest absolute Gasteiger partial charge is 0.308 e. The van der Waals surface area contributed by atoms with Crippen LogP contribution < -0.4 is 10.6 Å². The van der Waals surface area contributed by atoms with Crippen molar-refractivity contribution in [2.75, 3.05) is 26.3 Å². The van der Waals surface area contributed by atoms with Crippen LogP contribution >= 0.6 is 24.0 Å². The molecule has 0 aromatic rings. The molecule has 7 heteroatoms. The van der Waals surface area contributed by atoms with Crippen LogP contribution in [0.1, 0.15) is 73.1 Å². The number of nitrogens with zero attached hydrogens (tertiary/aromatic N) is 1. The summed E-state index contributed by atoms with van der Waals surface area (Å²) >= 11 is 0. The molecular formula is C22H42IN3O3. The van der Waals surface area contributed by atoms with Gasteiger partial charge in [-0.2, -0.15) is 0 Å². The van der Waals surface area contributed by atoms with Crippen molar-refractivity contribution in [3.05, 3.63) is 0 Å². The maximum absolute atomic E-state index is 11.9. The summed E-state index contributed by atoms with van der Waals surface area (Å²) in [6.45, 7) is 13.7. The Morgan fingerprint density at radius 3 is 2.41 bits per heavy atom. The Morgan fingerprint density at radius 2 is 1.83 bits per heavy atom. The number of halogens is 1. The van der Waals surface area contributed by atoms with Crippen molar-refractivity contribution in [1.29, 1.82) is 0 Å². The van der Waals surface area contributed by atoms with E-state index in [1.54, 1.807) is 0 Å². The van der Waals surface area contributed by atoms with E-state index in [1.165, 1.54) is 6.42 Å². The van der Waals surface area contributed by atoms with E-state index in [4.69, 9.17) is 14.5 Å². The summed E-state index contributed by atoms with van der Waals surface area (Å²) in [5, 5.41) is 6.97. The summed E-state index contributed by atoms with van der Waals surface area (Å²) in [7, 11) is 0. The average molecular weight is 524 g/mol. The van der Waals surface area contributed by atoms with Crippen molar-refractivity contribution in [2.45, 2.75) is 85.3 Å². The Hall–Kier alpha value is -0.570. The van der Waals surface area contributed by atoms with Crippen LogP contribution in [0.2, 0.25) is 0 Å². The van der Waals surface area contributed by atoms with E-state index in [2.05, 4.69) is 38.3 Å². The average Bonchev–Trinajstić information content (AvgIpc) is 2.66. The highest BCUT2D eigenvalue weighted by Crippen LogP contribution is 2.34. The Morgan fingerprint density at radius 1 is 1.14 bits per heavy atom. The number of guanidine groups is 1. The maximum Gasteiger partial charge on any atom is 0.308 e. The standard InChI is InChI=1S/C22H41N3O3.HI/c1-6-23-21(24-15-17-9-8-14-28-19(17)22(3,4)5)25-18-12-10-16(11-13-18)20(26)27-7-2;/h16-19H,6-15H2,1-5H3,(H2,23,24,25);1H. The van der Waals surface area contributed by atoms with Gasteiger partial charge in [0, 0.05) is 31.7 Å². The fraction of sp³-hybridized carbons (Fsp3) is 0.909. The molecule has 0 radical (unpaired) electrons. The first-order valence-electron chi connectivity index (χ1n) is 11.2. The fourth-order valence-electron chi connectivity index (χ4n) is 4.44. The summed E-state index contributed by atoms with van der Waals surface area (Å²) in [5.41, 5.74) is 0.137. The van der Waals surface area contributed by atoms with Gasteiger partial charge < -0.3 is 20.1 Å². The third kappa shape index (κ3) is 8.59. The van der Waals surface area contributed by atoms with Crippen LogP contribution in [0.4, 0.5) is 0 Å². The number of carbonyl (C=O) groups excluding carboxylic acids is 1. The first-order valence-corrected chi connectivity index (χ1v) is 11.2. The molecule has 170 valence electrons. The maximum atomic E-state index is 11.9. The molecule has 1 aliphatic carbocycles. The van der Waals surface area contributed by atoms with E-state index in [0.29, 0.717) is 18.6 Å². The summed E-state index contributed by atoms with van der Waals surface area (Å²) in [6, 6.07) is 0.365. The van der Waals surface area contributed by atoms with Gasteiger partial charge in [-0.25, -0.2) is 0 Å². The largest absolute Gasteiger partial charge is 0.466 e. The molecule has 2 atom stereocenters. The second-order valence-electron chi connectivity index (χ2n) is 9.22. The van der Waals surface area contributed by atoms with E-state index in [1.807, 2.05) is 6.92 Å². The number of aliphatic imine (C=N–C) groups is 1. The van der Waals surface area contributed by atoms with Crippen LogP contribution in [-0.2, 0) is 14.3 Å². The van der Waals surface area contributed by atoms with Crippen molar-refractivity contribution in [3.8, 4) is 0 Å². The molecule has 1 heterocycles. The molecule has 0 aromatic carbocycles. The van der Waals surface area contributed by atoms with Gasteiger partial charge >= 0.3 is 5.97 Å². The first-order chi connectivity index (χ1) is 13.3. The number of hydrogen-bond donors (Lipinski definition) is 2. The van der Waals surface area contributed by atoms with Crippen molar-refractivity contribution in [3.63, 3.8) is 0 Å². The van der Waals surface area contributed by atoms with Crippen LogP contribution in [-0.4, -0.2) is 50.4 Å². The Kier molecular flexibility index (Phi) is 11.8. The zero-order valence-corrected chi connectivity index (χ0v) is 21.3. The quantitative estimate of drug-likeness (QED) is 0.237. The molecular weight excluding hydrogens is 481 g/mol. The van der Waals surface area contributed by atoms with E-state index in [9.17, 15) is 4.79 Å². The van der Waals surface area contributed by atoms with Crippen LogP contribution in [0, 0.1) is 17.3 Å². The molecule has 0 amide bonds. The number of carbonyl (C=O) groups is 1. The molecule has 0 bridgehead atoms. The van der Waals surface area contributed by atoms with E-state index in [-0.39, 0.29) is 47.4 Å². The van der Waals surface area contributed by atoms with Crippen LogP contribution in [0.15, 0.2) is 4.99 Å². The minimum atomic E-state index is -0.0351. The normalized spacial score (nSPS) is 28.2. The van der Waals surface area contributed by atoms with E-state index >= 15 is 0 Å². The van der Waals surface area contributed by atoms with Gasteiger partial charge in [-0.1, -0.05) is 20.8 Å². The van der Waals surface area contributed by atoms with Gasteiger partial charge in [0.25, 0.3) is 0 Å². The third-order valence-corrected chi connectivity index (χ3v) is 5.81. The lowest BCUT2D eigenvalue weighted by Crippen LogP contribution is -2.46. The van der Waals surface area contributed by atoms with Gasteiger partial charge in [0.2, 0.25) is 0 Å². The number of nitrogens with one attached hydrogen (secondary N) is 2. The zero-order valence-electron chi connectivity index (χ0n) is 19.0. The van der Waals surface area contributed by atoms with Crippen molar-refractivity contribution < 1.29 is 14.3 Å². The summed E-state index contributed by atoms with van der Waals surface area (Å²) in [4.78, 5) is 16.8. The molecule has 1 saturated heterocycles. The van der Waals surface area contributed by atoms with Crippen molar-refractivity contribution >= 4 is 35.9 Å². The first kappa shape index (κ1) is 26.5. The highest BCUT2D eigenvalue weighted by atomic mass is 127. The lowest BCUT2D eigenvalue weighted by Gasteiger charge is -2.39. The topological polar surface area (TPSA) is 72.0 Å². The minimum Gasteiger partial charge on any atom is -0.466 e. The van der Waals surface area contributed by atoms with Crippen molar-refractivity contribution in [2.24, 2.45) is 22.2 Å². The summed E-state index contributed by atoms with van der Waals surface area (Å²) in [5.74, 6) is 1.38. The second kappa shape index (κ2) is 13.0. The van der Waals surface area contributed by atoms with Crippen LogP contribution in [0.25, 0.3) is 0 Å². The van der Waals surface area contributed by atoms with Crippen molar-refractivity contribution in [1.82, 2.24) is 10.6 Å². The predicted octanol–water partition coefficient (Wildman–Crippen LogP) is 4.12. The lowest BCUT2D eigenvalue weighted by molar-refractivity contribution is -0.149. The van der Waals surface area contributed by atoms with Gasteiger partial charge in [0.1, 0.15) is 0 Å². The lowest BCUT2D eigenvalue weighted by atomic mass is 9.78. The zero-order chi connectivity index (χ0) is 20.6. The summed E-state index contributed by atoms with van der Waals surface area (Å²) < 4.78 is 11.3. The number of hydrogen-bond acceptors (Lipinski definition) is 4. The highest BCUT2D eigenvalue weighted by Gasteiger charge is 2.35. The molecule has 2 unspecified atom stereocenters. The molecule has 2 N–H and O–H groups in total.